The molecule has 2 aromatic heterocycles. The van der Waals surface area contributed by atoms with E-state index >= 15 is 0 Å². The lowest BCUT2D eigenvalue weighted by Gasteiger charge is -2.23. The van der Waals surface area contributed by atoms with Gasteiger partial charge in [-0.25, -0.2) is 15.0 Å². The van der Waals surface area contributed by atoms with Crippen LogP contribution in [0.15, 0.2) is 12.7 Å². The highest BCUT2D eigenvalue weighted by Gasteiger charge is 2.40. The van der Waals surface area contributed by atoms with Crippen LogP contribution in [0.25, 0.3) is 11.2 Å². The van der Waals surface area contributed by atoms with Gasteiger partial charge in [0, 0.05) is 6.04 Å². The third-order valence-electron chi connectivity index (χ3n) is 4.60. The average molecular weight is 228 g/mol. The Hall–Kier alpha value is -1.45. The summed E-state index contributed by atoms with van der Waals surface area (Å²) in [4.78, 5) is 13.1. The molecule has 4 rings (SSSR count). The van der Waals surface area contributed by atoms with Gasteiger partial charge >= 0.3 is 0 Å². The van der Waals surface area contributed by atoms with Gasteiger partial charge in [0.15, 0.2) is 5.65 Å². The molecule has 0 spiro atoms. The summed E-state index contributed by atoms with van der Waals surface area (Å²) < 4.78 is 2.30. The highest BCUT2D eigenvalue weighted by atomic mass is 15.1. The largest absolute Gasteiger partial charge is 0.312 e. The van der Waals surface area contributed by atoms with Crippen LogP contribution in [0.5, 0.6) is 0 Å². The second-order valence-corrected chi connectivity index (χ2v) is 5.53. The van der Waals surface area contributed by atoms with Crippen molar-refractivity contribution in [2.75, 3.05) is 0 Å². The highest BCUT2D eigenvalue weighted by molar-refractivity contribution is 5.72. The number of aryl methyl sites for hydroxylation is 1. The van der Waals surface area contributed by atoms with Crippen molar-refractivity contribution in [3.05, 3.63) is 18.3 Å². The Morgan fingerprint density at radius 1 is 1.18 bits per heavy atom. The summed E-state index contributed by atoms with van der Waals surface area (Å²) in [6, 6.07) is 0.632. The molecule has 3 atom stereocenters. The Balaban J connectivity index is 1.84. The molecule has 2 aliphatic rings. The molecular formula is C13H16N4. The lowest BCUT2D eigenvalue weighted by molar-refractivity contribution is 0.334. The van der Waals surface area contributed by atoms with Gasteiger partial charge in [0.2, 0.25) is 0 Å². The second kappa shape index (κ2) is 3.28. The molecule has 0 N–H and O–H groups in total. The fourth-order valence-corrected chi connectivity index (χ4v) is 3.76. The number of fused-ring (bicyclic) bond motifs is 3. The number of aromatic nitrogens is 4. The van der Waals surface area contributed by atoms with Crippen LogP contribution < -0.4 is 0 Å². The summed E-state index contributed by atoms with van der Waals surface area (Å²) in [6.07, 6.45) is 9.18. The first kappa shape index (κ1) is 9.57. The van der Waals surface area contributed by atoms with E-state index in [0.29, 0.717) is 6.04 Å². The first-order chi connectivity index (χ1) is 8.33. The predicted molar refractivity (Wildman–Crippen MR) is 64.5 cm³/mol. The van der Waals surface area contributed by atoms with E-state index in [9.17, 15) is 0 Å². The third-order valence-corrected chi connectivity index (χ3v) is 4.60. The minimum absolute atomic E-state index is 0.632. The zero-order valence-electron chi connectivity index (χ0n) is 10.0. The topological polar surface area (TPSA) is 43.6 Å². The van der Waals surface area contributed by atoms with E-state index < -0.39 is 0 Å². The van der Waals surface area contributed by atoms with Crippen molar-refractivity contribution in [3.63, 3.8) is 0 Å². The van der Waals surface area contributed by atoms with Gasteiger partial charge in [-0.15, -0.1) is 0 Å². The van der Waals surface area contributed by atoms with E-state index in [0.717, 1.165) is 28.7 Å². The molecule has 0 aliphatic heterocycles. The molecule has 2 aromatic rings. The van der Waals surface area contributed by atoms with Crippen LogP contribution in [0.2, 0.25) is 0 Å². The maximum Gasteiger partial charge on any atom is 0.163 e. The Kier molecular flexibility index (Phi) is 1.84. The van der Waals surface area contributed by atoms with Gasteiger partial charge in [0.1, 0.15) is 11.8 Å². The number of hydrogen-bond acceptors (Lipinski definition) is 3. The van der Waals surface area contributed by atoms with Gasteiger partial charge in [0.25, 0.3) is 0 Å². The van der Waals surface area contributed by atoms with Gasteiger partial charge in [-0.1, -0.05) is 6.42 Å². The number of nitrogens with zero attached hydrogens (tertiary/aromatic N) is 4. The molecular weight excluding hydrogens is 212 g/mol. The van der Waals surface area contributed by atoms with Crippen molar-refractivity contribution in [2.45, 2.75) is 38.6 Å². The molecule has 88 valence electrons. The average Bonchev–Trinajstić information content (AvgIpc) is 3.03. The Morgan fingerprint density at radius 3 is 2.88 bits per heavy atom. The van der Waals surface area contributed by atoms with Crippen molar-refractivity contribution < 1.29 is 0 Å². The maximum atomic E-state index is 4.48. The van der Waals surface area contributed by atoms with E-state index in [4.69, 9.17) is 0 Å². The molecule has 4 heteroatoms. The summed E-state index contributed by atoms with van der Waals surface area (Å²) in [5, 5.41) is 0. The van der Waals surface area contributed by atoms with Crippen molar-refractivity contribution in [1.82, 2.24) is 19.5 Å². The molecule has 0 saturated heterocycles. The lowest BCUT2D eigenvalue weighted by Crippen LogP contribution is -2.15. The number of imidazole rings is 1. The molecule has 2 aliphatic carbocycles. The molecule has 0 aromatic carbocycles. The summed E-state index contributed by atoms with van der Waals surface area (Å²) in [6.45, 7) is 2.00. The zero-order valence-corrected chi connectivity index (χ0v) is 10.0. The maximum absolute atomic E-state index is 4.48. The molecule has 2 saturated carbocycles. The molecule has 0 radical (unpaired) electrons. The number of hydrogen-bond donors (Lipinski definition) is 0. The van der Waals surface area contributed by atoms with E-state index in [1.54, 1.807) is 6.33 Å². The Labute approximate surface area is 100 Å². The van der Waals surface area contributed by atoms with Gasteiger partial charge in [-0.05, 0) is 38.0 Å². The molecule has 4 nitrogen and oxygen atoms in total. The van der Waals surface area contributed by atoms with Crippen LogP contribution in [0.4, 0.5) is 0 Å². The van der Waals surface area contributed by atoms with Crippen molar-refractivity contribution in [2.24, 2.45) is 11.8 Å². The van der Waals surface area contributed by atoms with Crippen LogP contribution in [0.1, 0.15) is 37.4 Å². The smallest absolute Gasteiger partial charge is 0.163 e. The van der Waals surface area contributed by atoms with E-state index in [1.165, 1.54) is 25.7 Å². The molecule has 2 bridgehead atoms. The summed E-state index contributed by atoms with van der Waals surface area (Å²) in [5.41, 5.74) is 2.97. The lowest BCUT2D eigenvalue weighted by atomic mass is 9.95. The SMILES string of the molecule is Cc1ncnc2c1ncn2[C@@H]1C[C@H]2CC[C@@H]1C2. The summed E-state index contributed by atoms with van der Waals surface area (Å²) in [7, 11) is 0. The first-order valence-corrected chi connectivity index (χ1v) is 6.47. The van der Waals surface area contributed by atoms with E-state index in [-0.39, 0.29) is 0 Å². The van der Waals surface area contributed by atoms with Crippen LogP contribution in [-0.4, -0.2) is 19.5 Å². The molecule has 0 amide bonds. The Bertz CT molecular complexity index is 574. The third kappa shape index (κ3) is 1.27. The van der Waals surface area contributed by atoms with Gasteiger partial charge in [-0.2, -0.15) is 0 Å². The monoisotopic (exact) mass is 228 g/mol. The molecule has 0 unspecified atom stereocenters. The summed E-state index contributed by atoms with van der Waals surface area (Å²) >= 11 is 0. The molecule has 2 fully saturated rings. The van der Waals surface area contributed by atoms with Crippen LogP contribution in [-0.2, 0) is 0 Å². The Morgan fingerprint density at radius 2 is 2.12 bits per heavy atom. The standard InChI is InChI=1S/C13H16N4/c1-8-12-13(15-6-14-8)17(7-16-12)11-5-9-2-3-10(11)4-9/h6-7,9-11H,2-5H2,1H3/t9-,10+,11+/m0/s1. The summed E-state index contributed by atoms with van der Waals surface area (Å²) in [5.74, 6) is 1.80. The first-order valence-electron chi connectivity index (χ1n) is 6.47. The van der Waals surface area contributed by atoms with Crippen molar-refractivity contribution in [1.29, 1.82) is 0 Å². The fraction of sp³-hybridized carbons (Fsp3) is 0.615. The van der Waals surface area contributed by atoms with Crippen molar-refractivity contribution >= 4 is 11.2 Å². The fourth-order valence-electron chi connectivity index (χ4n) is 3.76. The van der Waals surface area contributed by atoms with Gasteiger partial charge in [-0.3, -0.25) is 0 Å². The van der Waals surface area contributed by atoms with Crippen LogP contribution >= 0.6 is 0 Å². The zero-order chi connectivity index (χ0) is 11.4. The van der Waals surface area contributed by atoms with E-state index in [1.807, 2.05) is 13.3 Å². The molecule has 17 heavy (non-hydrogen) atoms. The van der Waals surface area contributed by atoms with Gasteiger partial charge < -0.3 is 4.57 Å². The minimum atomic E-state index is 0.632. The predicted octanol–water partition coefficient (Wildman–Crippen LogP) is 2.50. The second-order valence-electron chi connectivity index (χ2n) is 5.53. The van der Waals surface area contributed by atoms with Gasteiger partial charge in [0.05, 0.1) is 12.0 Å². The normalized spacial score (nSPS) is 31.5. The quantitative estimate of drug-likeness (QED) is 0.753. The van der Waals surface area contributed by atoms with Crippen LogP contribution in [0.3, 0.4) is 0 Å². The highest BCUT2D eigenvalue weighted by Crippen LogP contribution is 2.51. The number of rotatable bonds is 1. The van der Waals surface area contributed by atoms with Crippen LogP contribution in [0, 0.1) is 18.8 Å². The van der Waals surface area contributed by atoms with E-state index in [2.05, 4.69) is 19.5 Å². The molecule has 2 heterocycles. The van der Waals surface area contributed by atoms with Crippen molar-refractivity contribution in [3.8, 4) is 0 Å². The minimum Gasteiger partial charge on any atom is -0.312 e.